The van der Waals surface area contributed by atoms with Crippen LogP contribution in [0.5, 0.6) is 0 Å². The van der Waals surface area contributed by atoms with Crippen molar-refractivity contribution in [2.75, 3.05) is 5.32 Å². The summed E-state index contributed by atoms with van der Waals surface area (Å²) in [5.74, 6) is 0.850. The minimum absolute atomic E-state index is 0.0511. The molecule has 1 aromatic heterocycles. The Labute approximate surface area is 116 Å². The fourth-order valence-electron chi connectivity index (χ4n) is 2.59. The predicted octanol–water partition coefficient (Wildman–Crippen LogP) is 2.09. The number of amides is 1. The van der Waals surface area contributed by atoms with Crippen LogP contribution in [0.25, 0.3) is 11.3 Å². The van der Waals surface area contributed by atoms with Crippen LogP contribution < -0.4 is 5.32 Å². The number of aryl methyl sites for hydroxylation is 2. The number of nitrogens with one attached hydrogen (secondary N) is 1. The highest BCUT2D eigenvalue weighted by atomic mass is 16.1. The number of aldehydes is 1. The van der Waals surface area contributed by atoms with Crippen LogP contribution in [0.15, 0.2) is 18.2 Å². The molecule has 2 aromatic rings. The number of nitrogens with zero attached hydrogens (tertiary/aromatic N) is 2. The van der Waals surface area contributed by atoms with E-state index in [2.05, 4.69) is 10.3 Å². The average Bonchev–Trinajstić information content (AvgIpc) is 2.74. The summed E-state index contributed by atoms with van der Waals surface area (Å²) >= 11 is 0. The van der Waals surface area contributed by atoms with Gasteiger partial charge in [0.05, 0.1) is 5.69 Å². The van der Waals surface area contributed by atoms with Crippen LogP contribution in [0, 0.1) is 6.92 Å². The van der Waals surface area contributed by atoms with Gasteiger partial charge in [0.15, 0.2) is 6.29 Å². The van der Waals surface area contributed by atoms with Gasteiger partial charge in [0.1, 0.15) is 11.5 Å². The Morgan fingerprint density at radius 2 is 2.15 bits per heavy atom. The van der Waals surface area contributed by atoms with Gasteiger partial charge in [-0.15, -0.1) is 0 Å². The fourth-order valence-corrected chi connectivity index (χ4v) is 2.59. The van der Waals surface area contributed by atoms with E-state index in [1.54, 1.807) is 0 Å². The first-order valence-corrected chi connectivity index (χ1v) is 6.52. The molecule has 0 unspecified atom stereocenters. The fraction of sp³-hybridized carbons (Fsp3) is 0.267. The van der Waals surface area contributed by atoms with Crippen LogP contribution in [0.2, 0.25) is 0 Å². The highest BCUT2D eigenvalue weighted by Crippen LogP contribution is 2.30. The predicted molar refractivity (Wildman–Crippen MR) is 75.7 cm³/mol. The number of fused-ring (bicyclic) bond motifs is 1. The topological polar surface area (TPSA) is 64.0 Å². The largest absolute Gasteiger partial charge is 0.331 e. The zero-order valence-corrected chi connectivity index (χ0v) is 11.4. The number of benzene rings is 1. The van der Waals surface area contributed by atoms with Crippen LogP contribution in [-0.2, 0) is 18.3 Å². The van der Waals surface area contributed by atoms with Crippen molar-refractivity contribution in [2.24, 2.45) is 7.05 Å². The first kappa shape index (κ1) is 12.6. The highest BCUT2D eigenvalue weighted by Gasteiger charge is 2.18. The maximum Gasteiger partial charge on any atom is 0.224 e. The molecule has 1 aliphatic rings. The number of carbonyl (C=O) groups is 2. The maximum atomic E-state index is 11.4. The number of carbonyl (C=O) groups excluding carboxylic acids is 2. The molecular weight excluding hydrogens is 254 g/mol. The summed E-state index contributed by atoms with van der Waals surface area (Å²) in [6, 6.07) is 5.82. The molecule has 0 spiro atoms. The summed E-state index contributed by atoms with van der Waals surface area (Å²) < 4.78 is 1.91. The van der Waals surface area contributed by atoms with E-state index in [1.165, 1.54) is 0 Å². The van der Waals surface area contributed by atoms with Gasteiger partial charge in [0, 0.05) is 24.7 Å². The van der Waals surface area contributed by atoms with Gasteiger partial charge in [0.25, 0.3) is 0 Å². The smallest absolute Gasteiger partial charge is 0.224 e. The van der Waals surface area contributed by atoms with Crippen molar-refractivity contribution < 1.29 is 9.59 Å². The van der Waals surface area contributed by atoms with Gasteiger partial charge in [-0.05, 0) is 31.0 Å². The molecule has 102 valence electrons. The van der Waals surface area contributed by atoms with Gasteiger partial charge in [-0.2, -0.15) is 0 Å². The highest BCUT2D eigenvalue weighted by molar-refractivity contribution is 5.94. The first-order chi connectivity index (χ1) is 9.60. The molecule has 2 heterocycles. The number of rotatable bonds is 2. The van der Waals surface area contributed by atoms with Gasteiger partial charge in [0.2, 0.25) is 5.91 Å². The number of hydrogen-bond acceptors (Lipinski definition) is 3. The van der Waals surface area contributed by atoms with E-state index >= 15 is 0 Å². The van der Waals surface area contributed by atoms with Crippen LogP contribution >= 0.6 is 0 Å². The lowest BCUT2D eigenvalue weighted by Crippen LogP contribution is -2.18. The van der Waals surface area contributed by atoms with Crippen molar-refractivity contribution >= 4 is 17.9 Å². The molecule has 0 fully saturated rings. The van der Waals surface area contributed by atoms with E-state index < -0.39 is 0 Å². The molecular formula is C15H15N3O2. The minimum Gasteiger partial charge on any atom is -0.331 e. The number of hydrogen-bond donors (Lipinski definition) is 1. The monoisotopic (exact) mass is 269 g/mol. The normalized spacial score (nSPS) is 13.8. The van der Waals surface area contributed by atoms with E-state index in [-0.39, 0.29) is 5.91 Å². The van der Waals surface area contributed by atoms with Crippen molar-refractivity contribution in [3.8, 4) is 11.3 Å². The van der Waals surface area contributed by atoms with Crippen molar-refractivity contribution in [3.63, 3.8) is 0 Å². The molecule has 0 bridgehead atoms. The molecule has 0 saturated carbocycles. The summed E-state index contributed by atoms with van der Waals surface area (Å²) in [6.45, 7) is 1.87. The summed E-state index contributed by atoms with van der Waals surface area (Å²) in [7, 11) is 1.89. The summed E-state index contributed by atoms with van der Waals surface area (Å²) in [4.78, 5) is 26.8. The second-order valence-electron chi connectivity index (χ2n) is 4.99. The van der Waals surface area contributed by atoms with Crippen LogP contribution in [-0.4, -0.2) is 21.7 Å². The molecule has 20 heavy (non-hydrogen) atoms. The van der Waals surface area contributed by atoms with Crippen molar-refractivity contribution in [1.29, 1.82) is 0 Å². The van der Waals surface area contributed by atoms with Gasteiger partial charge >= 0.3 is 0 Å². The minimum atomic E-state index is 0.0511. The molecule has 0 atom stereocenters. The van der Waals surface area contributed by atoms with Crippen molar-refractivity contribution in [2.45, 2.75) is 19.8 Å². The maximum absolute atomic E-state index is 11.4. The third-order valence-electron chi connectivity index (χ3n) is 3.73. The second-order valence-corrected chi connectivity index (χ2v) is 4.99. The van der Waals surface area contributed by atoms with Gasteiger partial charge in [-0.3, -0.25) is 9.59 Å². The molecule has 1 amide bonds. The third kappa shape index (κ3) is 1.91. The van der Waals surface area contributed by atoms with Crippen LogP contribution in [0.3, 0.4) is 0 Å². The Balaban J connectivity index is 2.12. The standard InChI is InChI=1S/C15H15N3O2/c1-9-16-13(8-19)15(18(9)2)11-3-5-12-10(7-11)4-6-14(20)17-12/h3,5,7-8H,4,6H2,1-2H3,(H,17,20). The summed E-state index contributed by atoms with van der Waals surface area (Å²) in [6.07, 6.45) is 2.01. The molecule has 0 radical (unpaired) electrons. The van der Waals surface area contributed by atoms with Gasteiger partial charge < -0.3 is 9.88 Å². The molecule has 0 saturated heterocycles. The molecule has 1 aromatic carbocycles. The SMILES string of the molecule is Cc1nc(C=O)c(-c2ccc3c(c2)CCC(=O)N3)n1C. The van der Waals surface area contributed by atoms with E-state index in [4.69, 9.17) is 0 Å². The lowest BCUT2D eigenvalue weighted by molar-refractivity contribution is -0.116. The quantitative estimate of drug-likeness (QED) is 0.849. The van der Waals surface area contributed by atoms with E-state index in [1.807, 2.05) is 36.7 Å². The second kappa shape index (κ2) is 4.59. The lowest BCUT2D eigenvalue weighted by Gasteiger charge is -2.17. The Hall–Kier alpha value is -2.43. The average molecular weight is 269 g/mol. The zero-order valence-electron chi connectivity index (χ0n) is 11.4. The van der Waals surface area contributed by atoms with Gasteiger partial charge in [-0.25, -0.2) is 4.98 Å². The number of imidazole rings is 1. The Bertz CT molecular complexity index is 716. The van der Waals surface area contributed by atoms with Crippen LogP contribution in [0.4, 0.5) is 5.69 Å². The summed E-state index contributed by atoms with van der Waals surface area (Å²) in [5, 5.41) is 2.86. The Kier molecular flexibility index (Phi) is 2.89. The van der Waals surface area contributed by atoms with E-state index in [9.17, 15) is 9.59 Å². The lowest BCUT2D eigenvalue weighted by atomic mass is 9.98. The molecule has 1 N–H and O–H groups in total. The molecule has 0 aliphatic carbocycles. The van der Waals surface area contributed by atoms with E-state index in [0.29, 0.717) is 12.1 Å². The van der Waals surface area contributed by atoms with Crippen molar-refractivity contribution in [3.05, 3.63) is 35.3 Å². The van der Waals surface area contributed by atoms with E-state index in [0.717, 1.165) is 41.0 Å². The Morgan fingerprint density at radius 1 is 1.35 bits per heavy atom. The number of aromatic nitrogens is 2. The van der Waals surface area contributed by atoms with Gasteiger partial charge in [-0.1, -0.05) is 6.07 Å². The zero-order chi connectivity index (χ0) is 14.3. The molecule has 3 rings (SSSR count). The Morgan fingerprint density at radius 3 is 2.90 bits per heavy atom. The third-order valence-corrected chi connectivity index (χ3v) is 3.73. The first-order valence-electron chi connectivity index (χ1n) is 6.52. The van der Waals surface area contributed by atoms with Crippen molar-refractivity contribution in [1.82, 2.24) is 9.55 Å². The summed E-state index contributed by atoms with van der Waals surface area (Å²) in [5.41, 5.74) is 4.17. The van der Waals surface area contributed by atoms with Crippen LogP contribution in [0.1, 0.15) is 28.3 Å². The number of anilines is 1. The molecule has 1 aliphatic heterocycles. The molecule has 5 heteroatoms. The molecule has 5 nitrogen and oxygen atoms in total.